The van der Waals surface area contributed by atoms with Crippen LogP contribution in [0.15, 0.2) is 18.7 Å². The number of aryl methyl sites for hydroxylation is 1. The Bertz CT molecular complexity index is 423. The molecule has 0 N–H and O–H groups in total. The Morgan fingerprint density at radius 1 is 0.941 bits per heavy atom. The minimum atomic E-state index is 0.162. The molecule has 0 aliphatic heterocycles. The molecular weight excluding hydrogens is 204 g/mol. The minimum Gasteiger partial charge on any atom is -0.0984 e. The standard InChI is InChI=1S/C17H26/c1-9-14-12(2)10-13(16(3,4)5)11-15(14)17(6,7)8/h9-11H,1H2,2-8H3. The third kappa shape index (κ3) is 3.00. The lowest BCUT2D eigenvalue weighted by atomic mass is 9.77. The summed E-state index contributed by atoms with van der Waals surface area (Å²) in [6.07, 6.45) is 1.99. The molecule has 0 radical (unpaired) electrons. The van der Waals surface area contributed by atoms with E-state index in [1.807, 2.05) is 6.08 Å². The van der Waals surface area contributed by atoms with E-state index in [0.717, 1.165) is 0 Å². The van der Waals surface area contributed by atoms with Gasteiger partial charge in [0.2, 0.25) is 0 Å². The van der Waals surface area contributed by atoms with Gasteiger partial charge >= 0.3 is 0 Å². The smallest absolute Gasteiger partial charge is 0.0126 e. The summed E-state index contributed by atoms with van der Waals surface area (Å²) in [6.45, 7) is 19.7. The van der Waals surface area contributed by atoms with Crippen LogP contribution in [0.5, 0.6) is 0 Å². The Kier molecular flexibility index (Phi) is 3.57. The van der Waals surface area contributed by atoms with E-state index in [-0.39, 0.29) is 10.8 Å². The molecule has 1 rings (SSSR count). The van der Waals surface area contributed by atoms with E-state index >= 15 is 0 Å². The summed E-state index contributed by atoms with van der Waals surface area (Å²) in [4.78, 5) is 0. The lowest BCUT2D eigenvalue weighted by Crippen LogP contribution is -2.18. The first-order chi connectivity index (χ1) is 7.57. The SMILES string of the molecule is C=Cc1c(C)cc(C(C)(C)C)cc1C(C)(C)C. The van der Waals surface area contributed by atoms with Gasteiger partial charge in [0, 0.05) is 0 Å². The molecule has 0 heterocycles. The number of benzene rings is 1. The van der Waals surface area contributed by atoms with Gasteiger partial charge in [0.15, 0.2) is 0 Å². The van der Waals surface area contributed by atoms with E-state index in [9.17, 15) is 0 Å². The normalized spacial score (nSPS) is 12.6. The Morgan fingerprint density at radius 3 is 1.82 bits per heavy atom. The molecule has 0 heteroatoms. The third-order valence-corrected chi connectivity index (χ3v) is 3.27. The Hall–Kier alpha value is -1.04. The van der Waals surface area contributed by atoms with Crippen molar-refractivity contribution in [3.8, 4) is 0 Å². The van der Waals surface area contributed by atoms with Crippen molar-refractivity contribution in [2.45, 2.75) is 59.3 Å². The van der Waals surface area contributed by atoms with Crippen molar-refractivity contribution in [1.82, 2.24) is 0 Å². The van der Waals surface area contributed by atoms with Crippen molar-refractivity contribution in [2.24, 2.45) is 0 Å². The highest BCUT2D eigenvalue weighted by Crippen LogP contribution is 2.33. The summed E-state index contributed by atoms with van der Waals surface area (Å²) in [5.74, 6) is 0. The molecule has 0 aromatic heterocycles. The molecule has 0 spiro atoms. The van der Waals surface area contributed by atoms with Gasteiger partial charge in [0.05, 0.1) is 0 Å². The van der Waals surface area contributed by atoms with E-state index in [2.05, 4.69) is 67.2 Å². The second-order valence-corrected chi connectivity index (χ2v) is 6.96. The van der Waals surface area contributed by atoms with Crippen molar-refractivity contribution in [2.75, 3.05) is 0 Å². The molecule has 0 aliphatic carbocycles. The molecule has 0 bridgehead atoms. The summed E-state index contributed by atoms with van der Waals surface area (Å²) in [5, 5.41) is 0. The van der Waals surface area contributed by atoms with E-state index in [1.54, 1.807) is 0 Å². The molecule has 0 atom stereocenters. The molecule has 17 heavy (non-hydrogen) atoms. The van der Waals surface area contributed by atoms with Crippen LogP contribution in [0.2, 0.25) is 0 Å². The zero-order valence-electron chi connectivity index (χ0n) is 12.4. The first kappa shape index (κ1) is 14.0. The van der Waals surface area contributed by atoms with Crippen LogP contribution in [-0.2, 0) is 10.8 Å². The summed E-state index contributed by atoms with van der Waals surface area (Å²) >= 11 is 0. The van der Waals surface area contributed by atoms with E-state index in [0.29, 0.717) is 0 Å². The van der Waals surface area contributed by atoms with Gasteiger partial charge in [-0.2, -0.15) is 0 Å². The third-order valence-electron chi connectivity index (χ3n) is 3.27. The van der Waals surface area contributed by atoms with Crippen LogP contribution in [0, 0.1) is 6.92 Å². The highest BCUT2D eigenvalue weighted by Gasteiger charge is 2.22. The fourth-order valence-corrected chi connectivity index (χ4v) is 2.12. The van der Waals surface area contributed by atoms with Gasteiger partial charge in [0.1, 0.15) is 0 Å². The Morgan fingerprint density at radius 2 is 1.47 bits per heavy atom. The fourth-order valence-electron chi connectivity index (χ4n) is 2.12. The molecular formula is C17H26. The first-order valence-corrected chi connectivity index (χ1v) is 6.35. The molecule has 0 saturated heterocycles. The molecule has 0 aliphatic rings. The van der Waals surface area contributed by atoms with Crippen molar-refractivity contribution in [1.29, 1.82) is 0 Å². The Labute approximate surface area is 107 Å². The van der Waals surface area contributed by atoms with Crippen LogP contribution >= 0.6 is 0 Å². The zero-order chi connectivity index (χ0) is 13.4. The topological polar surface area (TPSA) is 0 Å². The predicted octanol–water partition coefficient (Wildman–Crippen LogP) is 5.23. The van der Waals surface area contributed by atoms with Crippen molar-refractivity contribution in [3.05, 3.63) is 41.0 Å². The molecule has 0 nitrogen and oxygen atoms in total. The second-order valence-electron chi connectivity index (χ2n) is 6.96. The van der Waals surface area contributed by atoms with Gasteiger partial charge in [-0.1, -0.05) is 66.3 Å². The van der Waals surface area contributed by atoms with Crippen LogP contribution in [0.25, 0.3) is 6.08 Å². The zero-order valence-corrected chi connectivity index (χ0v) is 12.4. The van der Waals surface area contributed by atoms with Crippen molar-refractivity contribution >= 4 is 6.08 Å². The fraction of sp³-hybridized carbons (Fsp3) is 0.529. The number of hydrogen-bond acceptors (Lipinski definition) is 0. The first-order valence-electron chi connectivity index (χ1n) is 6.35. The summed E-state index contributed by atoms with van der Waals surface area (Å²) in [7, 11) is 0. The number of rotatable bonds is 1. The second kappa shape index (κ2) is 4.33. The van der Waals surface area contributed by atoms with Crippen LogP contribution in [0.1, 0.15) is 63.8 Å². The van der Waals surface area contributed by atoms with Gasteiger partial charge < -0.3 is 0 Å². The van der Waals surface area contributed by atoms with Gasteiger partial charge in [0.25, 0.3) is 0 Å². The summed E-state index contributed by atoms with van der Waals surface area (Å²) in [5.41, 5.74) is 5.80. The van der Waals surface area contributed by atoms with Gasteiger partial charge in [-0.25, -0.2) is 0 Å². The highest BCUT2D eigenvalue weighted by atomic mass is 14.3. The average Bonchev–Trinajstić information content (AvgIpc) is 2.13. The maximum Gasteiger partial charge on any atom is -0.0126 e. The monoisotopic (exact) mass is 230 g/mol. The minimum absolute atomic E-state index is 0.162. The summed E-state index contributed by atoms with van der Waals surface area (Å²) < 4.78 is 0. The molecule has 1 aromatic rings. The van der Waals surface area contributed by atoms with E-state index in [1.165, 1.54) is 22.3 Å². The van der Waals surface area contributed by atoms with E-state index in [4.69, 9.17) is 0 Å². The van der Waals surface area contributed by atoms with E-state index < -0.39 is 0 Å². The lowest BCUT2D eigenvalue weighted by Gasteiger charge is -2.28. The lowest BCUT2D eigenvalue weighted by molar-refractivity contribution is 0.567. The maximum absolute atomic E-state index is 3.96. The maximum atomic E-state index is 3.96. The largest absolute Gasteiger partial charge is 0.0984 e. The van der Waals surface area contributed by atoms with Crippen LogP contribution in [-0.4, -0.2) is 0 Å². The van der Waals surface area contributed by atoms with Crippen molar-refractivity contribution in [3.63, 3.8) is 0 Å². The molecule has 0 unspecified atom stereocenters. The molecule has 0 fully saturated rings. The van der Waals surface area contributed by atoms with Crippen molar-refractivity contribution < 1.29 is 0 Å². The molecule has 0 saturated carbocycles. The predicted molar refractivity (Wildman–Crippen MR) is 78.7 cm³/mol. The molecule has 1 aromatic carbocycles. The van der Waals surface area contributed by atoms with Gasteiger partial charge in [-0.15, -0.1) is 0 Å². The molecule has 0 amide bonds. The quantitative estimate of drug-likeness (QED) is 0.619. The Balaban J connectivity index is 3.56. The van der Waals surface area contributed by atoms with Gasteiger partial charge in [-0.05, 0) is 40.0 Å². The summed E-state index contributed by atoms with van der Waals surface area (Å²) in [6, 6.07) is 4.65. The average molecular weight is 230 g/mol. The van der Waals surface area contributed by atoms with Crippen LogP contribution < -0.4 is 0 Å². The highest BCUT2D eigenvalue weighted by molar-refractivity contribution is 5.59. The number of hydrogen-bond donors (Lipinski definition) is 0. The van der Waals surface area contributed by atoms with Crippen LogP contribution in [0.3, 0.4) is 0 Å². The molecule has 94 valence electrons. The van der Waals surface area contributed by atoms with Gasteiger partial charge in [-0.3, -0.25) is 0 Å². The van der Waals surface area contributed by atoms with Crippen LogP contribution in [0.4, 0.5) is 0 Å².